The van der Waals surface area contributed by atoms with Crippen molar-refractivity contribution in [2.75, 3.05) is 32.8 Å². The quantitative estimate of drug-likeness (QED) is 0.864. The van der Waals surface area contributed by atoms with E-state index >= 15 is 0 Å². The molecule has 1 heterocycles. The van der Waals surface area contributed by atoms with E-state index in [0.717, 1.165) is 19.2 Å². The molecule has 1 saturated heterocycles. The molecule has 5 nitrogen and oxygen atoms in total. The zero-order valence-electron chi connectivity index (χ0n) is 11.4. The van der Waals surface area contributed by atoms with E-state index in [2.05, 4.69) is 10.2 Å². The van der Waals surface area contributed by atoms with Crippen LogP contribution in [0.5, 0.6) is 5.75 Å². The van der Waals surface area contributed by atoms with E-state index in [-0.39, 0.29) is 17.4 Å². The SMILES string of the molecule is CC(CN1CCOCC1)NC(=O)c1ccc(O)cc1F. The number of nitrogens with zero attached hydrogens (tertiary/aromatic N) is 1. The van der Waals surface area contributed by atoms with Crippen LogP contribution in [0.1, 0.15) is 17.3 Å². The van der Waals surface area contributed by atoms with Gasteiger partial charge in [-0.1, -0.05) is 0 Å². The van der Waals surface area contributed by atoms with Crippen molar-refractivity contribution in [3.63, 3.8) is 0 Å². The number of rotatable bonds is 4. The lowest BCUT2D eigenvalue weighted by molar-refractivity contribution is 0.0342. The van der Waals surface area contributed by atoms with Gasteiger partial charge in [0, 0.05) is 31.7 Å². The molecule has 2 rings (SSSR count). The zero-order chi connectivity index (χ0) is 14.5. The lowest BCUT2D eigenvalue weighted by atomic mass is 10.1. The van der Waals surface area contributed by atoms with Gasteiger partial charge in [-0.15, -0.1) is 0 Å². The summed E-state index contributed by atoms with van der Waals surface area (Å²) in [5, 5.41) is 11.9. The third-order valence-corrected chi connectivity index (χ3v) is 3.21. The second-order valence-electron chi connectivity index (χ2n) is 4.95. The molecule has 2 N–H and O–H groups in total. The highest BCUT2D eigenvalue weighted by atomic mass is 19.1. The molecular formula is C14H19FN2O3. The summed E-state index contributed by atoms with van der Waals surface area (Å²) >= 11 is 0. The van der Waals surface area contributed by atoms with E-state index in [0.29, 0.717) is 19.8 Å². The molecule has 0 aromatic heterocycles. The van der Waals surface area contributed by atoms with Crippen LogP contribution in [0.15, 0.2) is 18.2 Å². The number of carbonyl (C=O) groups excluding carboxylic acids is 1. The normalized spacial score (nSPS) is 17.7. The van der Waals surface area contributed by atoms with Crippen molar-refractivity contribution < 1.29 is 19.0 Å². The van der Waals surface area contributed by atoms with Crippen LogP contribution in [0, 0.1) is 5.82 Å². The maximum absolute atomic E-state index is 13.6. The smallest absolute Gasteiger partial charge is 0.254 e. The molecule has 1 atom stereocenters. The van der Waals surface area contributed by atoms with Crippen LogP contribution < -0.4 is 5.32 Å². The van der Waals surface area contributed by atoms with Gasteiger partial charge >= 0.3 is 0 Å². The summed E-state index contributed by atoms with van der Waals surface area (Å²) in [7, 11) is 0. The highest BCUT2D eigenvalue weighted by Gasteiger charge is 2.17. The Bertz CT molecular complexity index is 475. The maximum Gasteiger partial charge on any atom is 0.254 e. The largest absolute Gasteiger partial charge is 0.508 e. The predicted octanol–water partition coefficient (Wildman–Crippen LogP) is 0.982. The van der Waals surface area contributed by atoms with E-state index in [9.17, 15) is 9.18 Å². The van der Waals surface area contributed by atoms with E-state index in [1.54, 1.807) is 0 Å². The average molecular weight is 282 g/mol. The van der Waals surface area contributed by atoms with Crippen molar-refractivity contribution in [3.8, 4) is 5.75 Å². The monoisotopic (exact) mass is 282 g/mol. The molecule has 6 heteroatoms. The Morgan fingerprint density at radius 1 is 1.50 bits per heavy atom. The lowest BCUT2D eigenvalue weighted by Crippen LogP contribution is -2.46. The van der Waals surface area contributed by atoms with Crippen LogP contribution in [0.4, 0.5) is 4.39 Å². The Morgan fingerprint density at radius 2 is 2.20 bits per heavy atom. The van der Waals surface area contributed by atoms with E-state index in [1.165, 1.54) is 12.1 Å². The Hall–Kier alpha value is -1.66. The highest BCUT2D eigenvalue weighted by Crippen LogP contribution is 2.15. The fraction of sp³-hybridized carbons (Fsp3) is 0.500. The zero-order valence-corrected chi connectivity index (χ0v) is 11.4. The van der Waals surface area contributed by atoms with Gasteiger partial charge in [0.1, 0.15) is 11.6 Å². The molecular weight excluding hydrogens is 263 g/mol. The van der Waals surface area contributed by atoms with Gasteiger partial charge in [0.05, 0.1) is 18.8 Å². The topological polar surface area (TPSA) is 61.8 Å². The molecule has 1 unspecified atom stereocenters. The molecule has 1 amide bonds. The maximum atomic E-state index is 13.6. The molecule has 110 valence electrons. The van der Waals surface area contributed by atoms with Gasteiger partial charge < -0.3 is 15.2 Å². The Kier molecular flexibility index (Phi) is 4.92. The number of ether oxygens (including phenoxy) is 1. The number of hydrogen-bond donors (Lipinski definition) is 2. The number of hydrogen-bond acceptors (Lipinski definition) is 4. The van der Waals surface area contributed by atoms with Gasteiger partial charge in [-0.05, 0) is 19.1 Å². The first-order chi connectivity index (χ1) is 9.56. The number of halogens is 1. The third-order valence-electron chi connectivity index (χ3n) is 3.21. The molecule has 0 aliphatic carbocycles. The summed E-state index contributed by atoms with van der Waals surface area (Å²) in [5.41, 5.74) is -0.0587. The molecule has 1 aliphatic rings. The van der Waals surface area contributed by atoms with Crippen LogP contribution in [0.25, 0.3) is 0 Å². The number of aromatic hydroxyl groups is 1. The second-order valence-corrected chi connectivity index (χ2v) is 4.95. The molecule has 1 aromatic rings. The number of benzene rings is 1. The van der Waals surface area contributed by atoms with Crippen LogP contribution in [-0.2, 0) is 4.74 Å². The van der Waals surface area contributed by atoms with Gasteiger partial charge in [-0.2, -0.15) is 0 Å². The van der Waals surface area contributed by atoms with E-state index < -0.39 is 11.7 Å². The summed E-state index contributed by atoms with van der Waals surface area (Å²) < 4.78 is 18.8. The van der Waals surface area contributed by atoms with Crippen molar-refractivity contribution in [1.82, 2.24) is 10.2 Å². The predicted molar refractivity (Wildman–Crippen MR) is 72.3 cm³/mol. The van der Waals surface area contributed by atoms with Crippen LogP contribution in [-0.4, -0.2) is 54.8 Å². The average Bonchev–Trinajstić information content (AvgIpc) is 2.39. The highest BCUT2D eigenvalue weighted by molar-refractivity contribution is 5.94. The Morgan fingerprint density at radius 3 is 2.85 bits per heavy atom. The molecule has 0 bridgehead atoms. The number of morpholine rings is 1. The molecule has 20 heavy (non-hydrogen) atoms. The van der Waals surface area contributed by atoms with Gasteiger partial charge in [-0.3, -0.25) is 9.69 Å². The molecule has 0 saturated carbocycles. The number of carbonyl (C=O) groups is 1. The summed E-state index contributed by atoms with van der Waals surface area (Å²) in [6.45, 7) is 5.67. The van der Waals surface area contributed by atoms with Crippen molar-refractivity contribution in [1.29, 1.82) is 0 Å². The lowest BCUT2D eigenvalue weighted by Gasteiger charge is -2.29. The van der Waals surface area contributed by atoms with Crippen LogP contribution in [0.2, 0.25) is 0 Å². The number of amides is 1. The first kappa shape index (κ1) is 14.7. The van der Waals surface area contributed by atoms with Crippen molar-refractivity contribution in [2.24, 2.45) is 0 Å². The fourth-order valence-electron chi connectivity index (χ4n) is 2.21. The van der Waals surface area contributed by atoms with Gasteiger partial charge in [0.2, 0.25) is 0 Å². The molecule has 0 spiro atoms. The molecule has 0 radical (unpaired) electrons. The summed E-state index contributed by atoms with van der Waals surface area (Å²) in [4.78, 5) is 14.1. The Balaban J connectivity index is 1.89. The van der Waals surface area contributed by atoms with Gasteiger partial charge in [-0.25, -0.2) is 4.39 Å². The Labute approximate surface area is 117 Å². The van der Waals surface area contributed by atoms with Crippen molar-refractivity contribution in [3.05, 3.63) is 29.6 Å². The van der Waals surface area contributed by atoms with Crippen molar-refractivity contribution in [2.45, 2.75) is 13.0 Å². The second kappa shape index (κ2) is 6.67. The van der Waals surface area contributed by atoms with E-state index in [1.807, 2.05) is 6.92 Å². The molecule has 1 fully saturated rings. The van der Waals surface area contributed by atoms with Gasteiger partial charge in [0.25, 0.3) is 5.91 Å². The minimum atomic E-state index is -0.721. The third kappa shape index (κ3) is 3.91. The standard InChI is InChI=1S/C14H19FN2O3/c1-10(9-17-4-6-20-7-5-17)16-14(19)12-3-2-11(18)8-13(12)15/h2-3,8,10,18H,4-7,9H2,1H3,(H,16,19). The summed E-state index contributed by atoms with van der Waals surface area (Å²) in [5.74, 6) is -1.38. The first-order valence-electron chi connectivity index (χ1n) is 6.66. The fourth-order valence-corrected chi connectivity index (χ4v) is 2.21. The summed E-state index contributed by atoms with van der Waals surface area (Å²) in [6, 6.07) is 3.42. The molecule has 1 aromatic carbocycles. The number of phenolic OH excluding ortho intramolecular Hbond substituents is 1. The van der Waals surface area contributed by atoms with Crippen LogP contribution >= 0.6 is 0 Å². The van der Waals surface area contributed by atoms with Crippen molar-refractivity contribution >= 4 is 5.91 Å². The first-order valence-corrected chi connectivity index (χ1v) is 6.66. The molecule has 1 aliphatic heterocycles. The number of phenols is 1. The minimum Gasteiger partial charge on any atom is -0.508 e. The summed E-state index contributed by atoms with van der Waals surface area (Å²) in [6.07, 6.45) is 0. The number of nitrogens with one attached hydrogen (secondary N) is 1. The van der Waals surface area contributed by atoms with E-state index in [4.69, 9.17) is 9.84 Å². The van der Waals surface area contributed by atoms with Crippen LogP contribution in [0.3, 0.4) is 0 Å². The minimum absolute atomic E-state index is 0.0587. The van der Waals surface area contributed by atoms with Gasteiger partial charge in [0.15, 0.2) is 0 Å².